The number of fused-ring (bicyclic) bond motifs is 1. The van der Waals surface area contributed by atoms with Crippen molar-refractivity contribution in [3.8, 4) is 0 Å². The fourth-order valence-electron chi connectivity index (χ4n) is 1.97. The fourth-order valence-corrected chi connectivity index (χ4v) is 1.97. The van der Waals surface area contributed by atoms with Crippen LogP contribution in [0.4, 0.5) is 5.69 Å². The van der Waals surface area contributed by atoms with Gasteiger partial charge in [-0.2, -0.15) is 0 Å². The highest BCUT2D eigenvalue weighted by atomic mass is 16.2. The third kappa shape index (κ3) is 1.15. The van der Waals surface area contributed by atoms with Crippen LogP contribution in [0, 0.1) is 6.92 Å². The zero-order chi connectivity index (χ0) is 10.3. The van der Waals surface area contributed by atoms with Gasteiger partial charge in [-0.1, -0.05) is 18.7 Å². The quantitative estimate of drug-likeness (QED) is 0.610. The van der Waals surface area contributed by atoms with E-state index in [1.54, 1.807) is 11.8 Å². The average Bonchev–Trinajstić information content (AvgIpc) is 2.45. The summed E-state index contributed by atoms with van der Waals surface area (Å²) in [5.74, 6) is 0.0792. The number of anilines is 1. The van der Waals surface area contributed by atoms with Gasteiger partial charge in [0.05, 0.1) is 12.2 Å². The first-order valence-electron chi connectivity index (χ1n) is 4.67. The molecule has 1 amide bonds. The Balaban J connectivity index is 2.60. The van der Waals surface area contributed by atoms with E-state index in [0.717, 1.165) is 16.8 Å². The Labute approximate surface area is 83.8 Å². The Morgan fingerprint density at radius 2 is 2.21 bits per heavy atom. The Kier molecular flexibility index (Phi) is 1.92. The molecule has 1 aliphatic rings. The summed E-state index contributed by atoms with van der Waals surface area (Å²) in [4.78, 5) is 13.1. The maximum absolute atomic E-state index is 11.4. The van der Waals surface area contributed by atoms with Gasteiger partial charge >= 0.3 is 0 Å². The van der Waals surface area contributed by atoms with E-state index in [-0.39, 0.29) is 5.91 Å². The van der Waals surface area contributed by atoms with Crippen LogP contribution in [0.1, 0.15) is 18.1 Å². The summed E-state index contributed by atoms with van der Waals surface area (Å²) in [7, 11) is 0. The van der Waals surface area contributed by atoms with Crippen molar-refractivity contribution in [3.05, 3.63) is 35.9 Å². The van der Waals surface area contributed by atoms with Crippen molar-refractivity contribution >= 4 is 17.2 Å². The van der Waals surface area contributed by atoms with Crippen molar-refractivity contribution in [2.24, 2.45) is 0 Å². The fraction of sp³-hybridized carbons (Fsp3) is 0.250. The van der Waals surface area contributed by atoms with Crippen molar-refractivity contribution in [3.63, 3.8) is 0 Å². The molecule has 0 saturated carbocycles. The number of hydrogen-bond acceptors (Lipinski definition) is 1. The van der Waals surface area contributed by atoms with Crippen LogP contribution >= 0.6 is 0 Å². The number of nitrogens with zero attached hydrogens (tertiary/aromatic N) is 1. The van der Waals surface area contributed by atoms with Crippen LogP contribution in [0.3, 0.4) is 0 Å². The van der Waals surface area contributed by atoms with E-state index in [1.165, 1.54) is 5.56 Å². The van der Waals surface area contributed by atoms with Gasteiger partial charge < -0.3 is 4.90 Å². The molecule has 1 aromatic carbocycles. The van der Waals surface area contributed by atoms with Crippen LogP contribution in [0.25, 0.3) is 5.57 Å². The van der Waals surface area contributed by atoms with Crippen LogP contribution in [0.15, 0.2) is 24.8 Å². The maximum atomic E-state index is 11.4. The molecule has 1 aliphatic heterocycles. The van der Waals surface area contributed by atoms with Crippen LogP contribution in [0.5, 0.6) is 0 Å². The van der Waals surface area contributed by atoms with Crippen molar-refractivity contribution < 1.29 is 4.79 Å². The van der Waals surface area contributed by atoms with Crippen LogP contribution in [-0.2, 0) is 4.79 Å². The molecule has 0 spiro atoms. The summed E-state index contributed by atoms with van der Waals surface area (Å²) < 4.78 is 0. The second kappa shape index (κ2) is 2.98. The number of rotatable bonds is 0. The number of carbonyl (C=O) groups is 1. The van der Waals surface area contributed by atoms with E-state index in [4.69, 9.17) is 0 Å². The van der Waals surface area contributed by atoms with Crippen molar-refractivity contribution in [1.82, 2.24) is 0 Å². The number of carbonyl (C=O) groups excluding carboxylic acids is 1. The normalized spacial score (nSPS) is 14.4. The summed E-state index contributed by atoms with van der Waals surface area (Å²) in [5, 5.41) is 0. The minimum atomic E-state index is 0.0792. The van der Waals surface area contributed by atoms with E-state index in [1.807, 2.05) is 25.1 Å². The van der Waals surface area contributed by atoms with Gasteiger partial charge in [0.2, 0.25) is 5.91 Å². The minimum absolute atomic E-state index is 0.0792. The molecule has 2 rings (SSSR count). The molecule has 0 bridgehead atoms. The molecule has 1 aromatic rings. The minimum Gasteiger partial charge on any atom is -0.308 e. The highest BCUT2D eigenvalue weighted by Crippen LogP contribution is 2.36. The van der Waals surface area contributed by atoms with Crippen LogP contribution in [-0.4, -0.2) is 12.5 Å². The van der Waals surface area contributed by atoms with E-state index < -0.39 is 0 Å². The molecule has 0 fully saturated rings. The molecule has 14 heavy (non-hydrogen) atoms. The standard InChI is InChI=1S/C12H13NO/c1-8-5-4-6-11-12(8)9(2)7-13(11)10(3)14/h4-6H,2,7H2,1,3H3. The largest absolute Gasteiger partial charge is 0.308 e. The predicted octanol–water partition coefficient (Wildman–Crippen LogP) is 2.37. The third-order valence-corrected chi connectivity index (χ3v) is 2.62. The number of hydrogen-bond donors (Lipinski definition) is 0. The van der Waals surface area contributed by atoms with Gasteiger partial charge in [0.1, 0.15) is 0 Å². The zero-order valence-corrected chi connectivity index (χ0v) is 8.50. The lowest BCUT2D eigenvalue weighted by molar-refractivity contribution is -0.116. The predicted molar refractivity (Wildman–Crippen MR) is 58.2 cm³/mol. The van der Waals surface area contributed by atoms with E-state index in [0.29, 0.717) is 6.54 Å². The summed E-state index contributed by atoms with van der Waals surface area (Å²) >= 11 is 0. The first-order valence-corrected chi connectivity index (χ1v) is 4.67. The second-order valence-electron chi connectivity index (χ2n) is 3.68. The SMILES string of the molecule is C=C1CN(C(C)=O)c2cccc(C)c21. The number of amides is 1. The zero-order valence-electron chi connectivity index (χ0n) is 8.50. The van der Waals surface area contributed by atoms with E-state index in [2.05, 4.69) is 6.58 Å². The van der Waals surface area contributed by atoms with Gasteiger partial charge in [-0.05, 0) is 24.1 Å². The number of aryl methyl sites for hydroxylation is 1. The molecular weight excluding hydrogens is 174 g/mol. The average molecular weight is 187 g/mol. The topological polar surface area (TPSA) is 20.3 Å². The first-order chi connectivity index (χ1) is 6.61. The lowest BCUT2D eigenvalue weighted by Gasteiger charge is -2.14. The Morgan fingerprint density at radius 1 is 1.50 bits per heavy atom. The lowest BCUT2D eigenvalue weighted by Crippen LogP contribution is -2.25. The molecule has 0 unspecified atom stereocenters. The van der Waals surface area contributed by atoms with Gasteiger partial charge in [0, 0.05) is 12.5 Å². The molecule has 2 nitrogen and oxygen atoms in total. The highest BCUT2D eigenvalue weighted by Gasteiger charge is 2.25. The third-order valence-electron chi connectivity index (χ3n) is 2.62. The molecule has 0 aliphatic carbocycles. The molecule has 0 N–H and O–H groups in total. The Bertz CT molecular complexity index is 420. The lowest BCUT2D eigenvalue weighted by atomic mass is 10.0. The van der Waals surface area contributed by atoms with Gasteiger partial charge in [-0.3, -0.25) is 4.79 Å². The molecule has 72 valence electrons. The summed E-state index contributed by atoms with van der Waals surface area (Å²) in [6.07, 6.45) is 0. The molecule has 0 aromatic heterocycles. The van der Waals surface area contributed by atoms with Gasteiger partial charge in [0.25, 0.3) is 0 Å². The summed E-state index contributed by atoms with van der Waals surface area (Å²) in [5.41, 5.74) is 4.37. The van der Waals surface area contributed by atoms with Gasteiger partial charge in [0.15, 0.2) is 0 Å². The van der Waals surface area contributed by atoms with Crippen molar-refractivity contribution in [2.75, 3.05) is 11.4 Å². The van der Waals surface area contributed by atoms with Crippen LogP contribution < -0.4 is 4.90 Å². The molecule has 1 heterocycles. The highest BCUT2D eigenvalue weighted by molar-refractivity contribution is 6.02. The summed E-state index contributed by atoms with van der Waals surface area (Å²) in [6, 6.07) is 6.00. The van der Waals surface area contributed by atoms with Gasteiger partial charge in [-0.25, -0.2) is 0 Å². The molecule has 0 saturated heterocycles. The molecule has 0 atom stereocenters. The Hall–Kier alpha value is -1.57. The summed E-state index contributed by atoms with van der Waals surface area (Å²) in [6.45, 7) is 8.27. The molecule has 0 radical (unpaired) electrons. The first kappa shape index (κ1) is 9.00. The van der Waals surface area contributed by atoms with E-state index in [9.17, 15) is 4.79 Å². The van der Waals surface area contributed by atoms with Crippen LogP contribution in [0.2, 0.25) is 0 Å². The second-order valence-corrected chi connectivity index (χ2v) is 3.68. The monoisotopic (exact) mass is 187 g/mol. The van der Waals surface area contributed by atoms with Crippen molar-refractivity contribution in [2.45, 2.75) is 13.8 Å². The van der Waals surface area contributed by atoms with E-state index >= 15 is 0 Å². The number of benzene rings is 1. The smallest absolute Gasteiger partial charge is 0.224 e. The molecular formula is C12H13NO. The van der Waals surface area contributed by atoms with Gasteiger partial charge in [-0.15, -0.1) is 0 Å². The molecule has 2 heteroatoms. The maximum Gasteiger partial charge on any atom is 0.224 e. The Morgan fingerprint density at radius 3 is 2.86 bits per heavy atom. The van der Waals surface area contributed by atoms with Crippen molar-refractivity contribution in [1.29, 1.82) is 0 Å².